The van der Waals surface area contributed by atoms with Crippen molar-refractivity contribution in [3.05, 3.63) is 51.2 Å². The maximum atomic E-state index is 12.4. The van der Waals surface area contributed by atoms with Crippen LogP contribution in [0.3, 0.4) is 0 Å². The van der Waals surface area contributed by atoms with Crippen molar-refractivity contribution >= 4 is 44.9 Å². The van der Waals surface area contributed by atoms with Crippen molar-refractivity contribution in [2.75, 3.05) is 18.4 Å². The lowest BCUT2D eigenvalue weighted by Gasteiger charge is -2.37. The first-order valence-corrected chi connectivity index (χ1v) is 8.94. The molecule has 1 aliphatic rings. The second-order valence-corrected chi connectivity index (χ2v) is 7.44. The van der Waals surface area contributed by atoms with Crippen molar-refractivity contribution in [2.45, 2.75) is 6.92 Å². The van der Waals surface area contributed by atoms with Crippen LogP contribution in [-0.4, -0.2) is 39.7 Å². The molecule has 0 atom stereocenters. The summed E-state index contributed by atoms with van der Waals surface area (Å²) in [7, 11) is 0. The predicted octanol–water partition coefficient (Wildman–Crippen LogP) is 2.82. The minimum atomic E-state index is -0.705. The fourth-order valence-electron chi connectivity index (χ4n) is 2.87. The Bertz CT molecular complexity index is 1070. The van der Waals surface area contributed by atoms with Crippen LogP contribution in [0.5, 0.6) is 0 Å². The van der Waals surface area contributed by atoms with Gasteiger partial charge in [-0.2, -0.15) is 0 Å². The summed E-state index contributed by atoms with van der Waals surface area (Å²) in [6, 6.07) is 7.95. The number of nitrogens with one attached hydrogen (secondary N) is 1. The monoisotopic (exact) mass is 386 g/mol. The minimum absolute atomic E-state index is 0.107. The molecule has 3 heterocycles. The fourth-order valence-corrected chi connectivity index (χ4v) is 3.68. The highest BCUT2D eigenvalue weighted by Gasteiger charge is 2.37. The van der Waals surface area contributed by atoms with Crippen molar-refractivity contribution in [3.8, 4) is 0 Å². The lowest BCUT2D eigenvalue weighted by molar-refractivity contribution is -0.402. The number of likely N-dealkylation sites (tertiary alicyclic amines) is 1. The standard InChI is InChI=1S/C17H14N4O5S/c1-9-18-12-6-11(2-4-14(12)27-9)19-16(22)10-7-20(8-10)17(23)13-3-5-15(26-13)21(24)25/h2-6,10H,7-8H2,1H3,(H,19,22). The number of anilines is 1. The molecule has 10 heteroatoms. The van der Waals surface area contributed by atoms with Gasteiger partial charge >= 0.3 is 5.88 Å². The number of carbonyl (C=O) groups is 2. The number of aromatic nitrogens is 1. The zero-order valence-electron chi connectivity index (χ0n) is 14.2. The van der Waals surface area contributed by atoms with Gasteiger partial charge in [-0.05, 0) is 31.2 Å². The van der Waals surface area contributed by atoms with Crippen LogP contribution in [0, 0.1) is 23.0 Å². The molecular formula is C17H14N4O5S. The Labute approximate surface area is 156 Å². The van der Waals surface area contributed by atoms with Gasteiger partial charge < -0.3 is 14.6 Å². The Balaban J connectivity index is 1.35. The molecule has 3 aromatic rings. The minimum Gasteiger partial charge on any atom is -0.395 e. The van der Waals surface area contributed by atoms with Crippen molar-refractivity contribution < 1.29 is 18.9 Å². The normalized spacial score (nSPS) is 14.2. The molecule has 27 heavy (non-hydrogen) atoms. The van der Waals surface area contributed by atoms with Crippen molar-refractivity contribution in [3.63, 3.8) is 0 Å². The van der Waals surface area contributed by atoms with Gasteiger partial charge in [0.25, 0.3) is 5.91 Å². The number of furan rings is 1. The molecule has 0 radical (unpaired) electrons. The molecule has 9 nitrogen and oxygen atoms in total. The van der Waals surface area contributed by atoms with Gasteiger partial charge in [-0.25, -0.2) is 4.98 Å². The molecule has 0 aliphatic carbocycles. The predicted molar refractivity (Wildman–Crippen MR) is 97.7 cm³/mol. The Morgan fingerprint density at radius 3 is 2.81 bits per heavy atom. The number of nitro groups is 1. The van der Waals surface area contributed by atoms with Gasteiger partial charge in [-0.15, -0.1) is 11.3 Å². The molecule has 4 rings (SSSR count). The lowest BCUT2D eigenvalue weighted by Crippen LogP contribution is -2.54. The molecule has 2 aromatic heterocycles. The van der Waals surface area contributed by atoms with Gasteiger partial charge in [0.1, 0.15) is 4.92 Å². The molecule has 0 saturated carbocycles. The summed E-state index contributed by atoms with van der Waals surface area (Å²) in [5.74, 6) is -1.58. The van der Waals surface area contributed by atoms with Crippen LogP contribution < -0.4 is 5.32 Å². The second-order valence-electron chi connectivity index (χ2n) is 6.21. The smallest absolute Gasteiger partial charge is 0.395 e. The Morgan fingerprint density at radius 2 is 2.11 bits per heavy atom. The maximum absolute atomic E-state index is 12.4. The molecule has 0 spiro atoms. The van der Waals surface area contributed by atoms with E-state index < -0.39 is 16.7 Å². The average Bonchev–Trinajstić information content (AvgIpc) is 3.18. The van der Waals surface area contributed by atoms with Crippen LogP contribution >= 0.6 is 11.3 Å². The van der Waals surface area contributed by atoms with Gasteiger partial charge in [-0.1, -0.05) is 0 Å². The SMILES string of the molecule is Cc1nc2cc(NC(=O)C3CN(C(=O)c4ccc([N+](=O)[O-])o4)C3)ccc2s1. The van der Waals surface area contributed by atoms with Gasteiger partial charge in [0, 0.05) is 18.8 Å². The zero-order chi connectivity index (χ0) is 19.1. The number of thiazole rings is 1. The fraction of sp³-hybridized carbons (Fsp3) is 0.235. The van der Waals surface area contributed by atoms with Gasteiger partial charge in [0.05, 0.1) is 27.2 Å². The van der Waals surface area contributed by atoms with E-state index in [9.17, 15) is 19.7 Å². The summed E-state index contributed by atoms with van der Waals surface area (Å²) in [5.41, 5.74) is 1.49. The molecular weight excluding hydrogens is 372 g/mol. The first-order chi connectivity index (χ1) is 12.9. The summed E-state index contributed by atoms with van der Waals surface area (Å²) >= 11 is 1.59. The van der Waals surface area contributed by atoms with Crippen LogP contribution in [-0.2, 0) is 4.79 Å². The van der Waals surface area contributed by atoms with E-state index in [0.717, 1.165) is 21.3 Å². The third-order valence-electron chi connectivity index (χ3n) is 4.28. The second kappa shape index (κ2) is 6.47. The van der Waals surface area contributed by atoms with Crippen molar-refractivity contribution in [2.24, 2.45) is 5.92 Å². The summed E-state index contributed by atoms with van der Waals surface area (Å²) in [4.78, 5) is 40.3. The third-order valence-corrected chi connectivity index (χ3v) is 5.24. The molecule has 1 saturated heterocycles. The first-order valence-electron chi connectivity index (χ1n) is 8.12. The molecule has 1 N–H and O–H groups in total. The van der Waals surface area contributed by atoms with E-state index in [-0.39, 0.29) is 30.7 Å². The topological polar surface area (TPSA) is 119 Å². The Morgan fingerprint density at radius 1 is 1.33 bits per heavy atom. The summed E-state index contributed by atoms with van der Waals surface area (Å²) in [5, 5.41) is 14.4. The molecule has 1 aromatic carbocycles. The molecule has 0 unspecified atom stereocenters. The van der Waals surface area contributed by atoms with Crippen LogP contribution in [0.15, 0.2) is 34.7 Å². The van der Waals surface area contributed by atoms with E-state index in [1.165, 1.54) is 11.0 Å². The van der Waals surface area contributed by atoms with Gasteiger partial charge in [0.2, 0.25) is 5.91 Å². The molecule has 1 aliphatic heterocycles. The lowest BCUT2D eigenvalue weighted by atomic mass is 9.98. The van der Waals surface area contributed by atoms with Crippen LogP contribution in [0.4, 0.5) is 11.6 Å². The highest BCUT2D eigenvalue weighted by molar-refractivity contribution is 7.18. The van der Waals surface area contributed by atoms with Crippen LogP contribution in [0.25, 0.3) is 10.2 Å². The number of rotatable bonds is 4. The number of benzene rings is 1. The number of carbonyl (C=O) groups excluding carboxylic acids is 2. The number of nitrogens with zero attached hydrogens (tertiary/aromatic N) is 3. The number of aryl methyl sites for hydroxylation is 1. The molecule has 0 bridgehead atoms. The van der Waals surface area contributed by atoms with Gasteiger partial charge in [0.15, 0.2) is 5.76 Å². The largest absolute Gasteiger partial charge is 0.433 e. The number of amides is 2. The summed E-state index contributed by atoms with van der Waals surface area (Å²) < 4.78 is 5.96. The highest BCUT2D eigenvalue weighted by Crippen LogP contribution is 2.26. The number of hydrogen-bond donors (Lipinski definition) is 1. The Kier molecular flexibility index (Phi) is 4.11. The van der Waals surface area contributed by atoms with E-state index in [4.69, 9.17) is 4.42 Å². The summed E-state index contributed by atoms with van der Waals surface area (Å²) in [6.07, 6.45) is 0. The number of hydrogen-bond acceptors (Lipinski definition) is 7. The van der Waals surface area contributed by atoms with Crippen LogP contribution in [0.2, 0.25) is 0 Å². The zero-order valence-corrected chi connectivity index (χ0v) is 15.0. The number of fused-ring (bicyclic) bond motifs is 1. The van der Waals surface area contributed by atoms with E-state index in [2.05, 4.69) is 10.3 Å². The van der Waals surface area contributed by atoms with E-state index in [1.807, 2.05) is 25.1 Å². The third kappa shape index (κ3) is 3.26. The first kappa shape index (κ1) is 17.2. The highest BCUT2D eigenvalue weighted by atomic mass is 32.1. The van der Waals surface area contributed by atoms with Gasteiger partial charge in [-0.3, -0.25) is 19.7 Å². The molecule has 138 valence electrons. The van der Waals surface area contributed by atoms with E-state index >= 15 is 0 Å². The van der Waals surface area contributed by atoms with E-state index in [1.54, 1.807) is 11.3 Å². The van der Waals surface area contributed by atoms with Crippen molar-refractivity contribution in [1.82, 2.24) is 9.88 Å². The quantitative estimate of drug-likeness (QED) is 0.544. The average molecular weight is 386 g/mol. The van der Waals surface area contributed by atoms with Crippen LogP contribution in [0.1, 0.15) is 15.6 Å². The molecule has 2 amide bonds. The van der Waals surface area contributed by atoms with Crippen molar-refractivity contribution in [1.29, 1.82) is 0 Å². The Hall–Kier alpha value is -3.27. The summed E-state index contributed by atoms with van der Waals surface area (Å²) in [6.45, 7) is 2.39. The van der Waals surface area contributed by atoms with E-state index in [0.29, 0.717) is 5.69 Å². The maximum Gasteiger partial charge on any atom is 0.433 e. The molecule has 1 fully saturated rings.